The number of esters is 2. The smallest absolute Gasteiger partial charge is 0.333 e. The van der Waals surface area contributed by atoms with Crippen LogP contribution in [0.25, 0.3) is 0 Å². The first-order valence-electron chi connectivity index (χ1n) is 11.3. The van der Waals surface area contributed by atoms with Crippen molar-refractivity contribution in [2.24, 2.45) is 0 Å². The predicted octanol–water partition coefficient (Wildman–Crippen LogP) is 6.07. The second kappa shape index (κ2) is 13.0. The molecule has 0 atom stereocenters. The second-order valence-electron chi connectivity index (χ2n) is 8.40. The van der Waals surface area contributed by atoms with Gasteiger partial charge in [-0.05, 0) is 88.1 Å². The van der Waals surface area contributed by atoms with Crippen LogP contribution in [0.15, 0.2) is 58.4 Å². The molecule has 6 nitrogen and oxygen atoms in total. The number of carbonyl (C=O) groups is 2. The quantitative estimate of drug-likeness (QED) is 0.200. The van der Waals surface area contributed by atoms with E-state index in [1.54, 1.807) is 25.6 Å². The van der Waals surface area contributed by atoms with Crippen molar-refractivity contribution in [3.63, 3.8) is 0 Å². The third kappa shape index (κ3) is 8.51. The zero-order valence-electron chi connectivity index (χ0n) is 21.4. The highest BCUT2D eigenvalue weighted by Gasteiger charge is 2.12. The molecule has 2 rings (SSSR count). The molecule has 0 aliphatic carbocycles. The molecular weight excluding hydrogens is 464 g/mol. The summed E-state index contributed by atoms with van der Waals surface area (Å²) in [4.78, 5) is 25.2. The van der Waals surface area contributed by atoms with E-state index in [0.717, 1.165) is 43.5 Å². The SMILES string of the molecule is C=C(C)C(=O)OCCOc1c(C)cc(Sc2cc(C)c(OCCOC(=O)C(=C)C)c(C)c2)cc1C. The minimum Gasteiger partial charge on any atom is -0.489 e. The van der Waals surface area contributed by atoms with E-state index in [4.69, 9.17) is 18.9 Å². The monoisotopic (exact) mass is 498 g/mol. The number of rotatable bonds is 12. The summed E-state index contributed by atoms with van der Waals surface area (Å²) in [6.45, 7) is 19.3. The third-order valence-corrected chi connectivity index (χ3v) is 5.87. The zero-order valence-corrected chi connectivity index (χ0v) is 22.2. The highest BCUT2D eigenvalue weighted by molar-refractivity contribution is 7.99. The second-order valence-corrected chi connectivity index (χ2v) is 9.55. The minimum absolute atomic E-state index is 0.171. The summed E-state index contributed by atoms with van der Waals surface area (Å²) in [5, 5.41) is 0. The third-order valence-electron chi connectivity index (χ3n) is 4.93. The van der Waals surface area contributed by atoms with Crippen molar-refractivity contribution in [3.8, 4) is 11.5 Å². The number of ether oxygens (including phenoxy) is 4. The van der Waals surface area contributed by atoms with Crippen molar-refractivity contribution in [2.45, 2.75) is 51.3 Å². The summed E-state index contributed by atoms with van der Waals surface area (Å²) in [7, 11) is 0. The molecule has 0 fully saturated rings. The summed E-state index contributed by atoms with van der Waals surface area (Å²) < 4.78 is 21.9. The highest BCUT2D eigenvalue weighted by atomic mass is 32.2. The van der Waals surface area contributed by atoms with Gasteiger partial charge in [0.15, 0.2) is 0 Å². The van der Waals surface area contributed by atoms with Crippen molar-refractivity contribution in [3.05, 3.63) is 70.8 Å². The van der Waals surface area contributed by atoms with Crippen LogP contribution in [0.2, 0.25) is 0 Å². The number of benzene rings is 2. The van der Waals surface area contributed by atoms with Gasteiger partial charge in [-0.15, -0.1) is 0 Å². The minimum atomic E-state index is -0.415. The van der Waals surface area contributed by atoms with Crippen LogP contribution in [-0.4, -0.2) is 38.4 Å². The number of hydrogen-bond donors (Lipinski definition) is 0. The Labute approximate surface area is 212 Å². The Kier molecular flexibility index (Phi) is 10.5. The van der Waals surface area contributed by atoms with Gasteiger partial charge in [0.2, 0.25) is 0 Å². The molecule has 0 N–H and O–H groups in total. The molecule has 2 aromatic rings. The van der Waals surface area contributed by atoms with Crippen LogP contribution in [0.5, 0.6) is 11.5 Å². The van der Waals surface area contributed by atoms with Gasteiger partial charge in [0, 0.05) is 20.9 Å². The maximum Gasteiger partial charge on any atom is 0.333 e. The van der Waals surface area contributed by atoms with Crippen LogP contribution >= 0.6 is 11.8 Å². The van der Waals surface area contributed by atoms with Crippen LogP contribution in [0.4, 0.5) is 0 Å². The van der Waals surface area contributed by atoms with Crippen LogP contribution in [0, 0.1) is 27.7 Å². The lowest BCUT2D eigenvalue weighted by atomic mass is 10.1. The van der Waals surface area contributed by atoms with Gasteiger partial charge in [-0.1, -0.05) is 24.9 Å². The van der Waals surface area contributed by atoms with E-state index in [0.29, 0.717) is 11.1 Å². The molecule has 0 saturated heterocycles. The van der Waals surface area contributed by atoms with Crippen molar-refractivity contribution in [2.75, 3.05) is 26.4 Å². The molecular formula is C28H34O6S. The molecule has 2 aromatic carbocycles. The van der Waals surface area contributed by atoms with Gasteiger partial charge in [-0.25, -0.2) is 9.59 Å². The van der Waals surface area contributed by atoms with Gasteiger partial charge >= 0.3 is 11.9 Å². The lowest BCUT2D eigenvalue weighted by molar-refractivity contribution is -0.140. The molecule has 0 radical (unpaired) electrons. The van der Waals surface area contributed by atoms with Crippen molar-refractivity contribution >= 4 is 23.7 Å². The summed E-state index contributed by atoms with van der Waals surface area (Å²) in [6.07, 6.45) is 0. The van der Waals surface area contributed by atoms with E-state index in [1.165, 1.54) is 0 Å². The predicted molar refractivity (Wildman–Crippen MR) is 138 cm³/mol. The molecule has 7 heteroatoms. The molecule has 0 heterocycles. The van der Waals surface area contributed by atoms with Gasteiger partial charge in [0.1, 0.15) is 37.9 Å². The van der Waals surface area contributed by atoms with Gasteiger partial charge in [-0.3, -0.25) is 0 Å². The Morgan fingerprint density at radius 1 is 0.657 bits per heavy atom. The topological polar surface area (TPSA) is 71.1 Å². The summed E-state index contributed by atoms with van der Waals surface area (Å²) in [6, 6.07) is 8.33. The molecule has 0 bridgehead atoms. The largest absolute Gasteiger partial charge is 0.489 e. The maximum atomic E-state index is 11.5. The molecule has 0 saturated carbocycles. The number of aryl methyl sites for hydroxylation is 4. The number of hydrogen-bond acceptors (Lipinski definition) is 7. The van der Waals surface area contributed by atoms with E-state index in [-0.39, 0.29) is 26.4 Å². The van der Waals surface area contributed by atoms with Crippen molar-refractivity contribution in [1.82, 2.24) is 0 Å². The Balaban J connectivity index is 1.99. The van der Waals surface area contributed by atoms with Crippen LogP contribution in [0.3, 0.4) is 0 Å². The fourth-order valence-electron chi connectivity index (χ4n) is 3.33. The van der Waals surface area contributed by atoms with Crippen LogP contribution < -0.4 is 9.47 Å². The van der Waals surface area contributed by atoms with Crippen LogP contribution in [-0.2, 0) is 19.1 Å². The Hall–Kier alpha value is -3.19. The van der Waals surface area contributed by atoms with Crippen LogP contribution in [0.1, 0.15) is 36.1 Å². The number of carbonyl (C=O) groups excluding carboxylic acids is 2. The molecule has 0 unspecified atom stereocenters. The van der Waals surface area contributed by atoms with E-state index in [2.05, 4.69) is 37.4 Å². The molecule has 0 aromatic heterocycles. The van der Waals surface area contributed by atoms with E-state index in [9.17, 15) is 9.59 Å². The summed E-state index contributed by atoms with van der Waals surface area (Å²) in [5.41, 5.74) is 4.78. The van der Waals surface area contributed by atoms with Crippen molar-refractivity contribution < 1.29 is 28.5 Å². The average Bonchev–Trinajstić information content (AvgIpc) is 2.76. The normalized spacial score (nSPS) is 10.5. The molecule has 35 heavy (non-hydrogen) atoms. The zero-order chi connectivity index (χ0) is 26.1. The Bertz CT molecular complexity index is 985. The average molecular weight is 499 g/mol. The Morgan fingerprint density at radius 3 is 1.26 bits per heavy atom. The molecule has 0 amide bonds. The van der Waals surface area contributed by atoms with E-state index >= 15 is 0 Å². The molecule has 188 valence electrons. The van der Waals surface area contributed by atoms with E-state index < -0.39 is 11.9 Å². The first-order valence-corrected chi connectivity index (χ1v) is 12.1. The van der Waals surface area contributed by atoms with E-state index in [1.807, 2.05) is 27.7 Å². The lowest BCUT2D eigenvalue weighted by Crippen LogP contribution is -2.13. The van der Waals surface area contributed by atoms with Gasteiger partial charge < -0.3 is 18.9 Å². The highest BCUT2D eigenvalue weighted by Crippen LogP contribution is 2.36. The first kappa shape index (κ1) is 28.1. The maximum absolute atomic E-state index is 11.5. The summed E-state index contributed by atoms with van der Waals surface area (Å²) >= 11 is 1.66. The first-order chi connectivity index (χ1) is 16.5. The fourth-order valence-corrected chi connectivity index (χ4v) is 4.55. The molecule has 0 spiro atoms. The lowest BCUT2D eigenvalue weighted by Gasteiger charge is -2.16. The summed E-state index contributed by atoms with van der Waals surface area (Å²) in [5.74, 6) is 0.761. The fraction of sp³-hybridized carbons (Fsp3) is 0.357. The van der Waals surface area contributed by atoms with Crippen molar-refractivity contribution in [1.29, 1.82) is 0 Å². The Morgan fingerprint density at radius 2 is 0.971 bits per heavy atom. The molecule has 0 aliphatic heterocycles. The van der Waals surface area contributed by atoms with Gasteiger partial charge in [-0.2, -0.15) is 0 Å². The molecule has 0 aliphatic rings. The van der Waals surface area contributed by atoms with Gasteiger partial charge in [0.05, 0.1) is 0 Å². The van der Waals surface area contributed by atoms with Gasteiger partial charge in [0.25, 0.3) is 0 Å². The standard InChI is InChI=1S/C28H34O6S/c1-17(2)27(29)33-11-9-31-25-19(5)13-23(14-20(25)6)35-24-15-21(7)26(22(8)16-24)32-10-12-34-28(30)18(3)4/h13-16H,1,3,9-12H2,2,4-8H3.